The van der Waals surface area contributed by atoms with E-state index in [1.54, 1.807) is 0 Å². The van der Waals surface area contributed by atoms with Crippen LogP contribution in [0.5, 0.6) is 0 Å². The molecule has 2 rings (SSSR count). The van der Waals surface area contributed by atoms with Crippen LogP contribution >= 0.6 is 27.5 Å². The van der Waals surface area contributed by atoms with Crippen LogP contribution in [-0.4, -0.2) is 44.3 Å². The molecule has 1 aromatic carbocycles. The average molecular weight is 348 g/mol. The van der Waals surface area contributed by atoms with Gasteiger partial charge in [-0.3, -0.25) is 4.90 Å². The Balaban J connectivity index is 2.07. The number of benzene rings is 1. The normalized spacial score (nSPS) is 22.4. The third kappa shape index (κ3) is 3.92. The lowest BCUT2D eigenvalue weighted by atomic mass is 10.1. The minimum Gasteiger partial charge on any atom is -0.374 e. The number of morpholine rings is 1. The lowest BCUT2D eigenvalue weighted by Gasteiger charge is -2.37. The van der Waals surface area contributed by atoms with Crippen LogP contribution in [0.15, 0.2) is 22.7 Å². The topological polar surface area (TPSA) is 24.5 Å². The SMILES string of the molecule is CNCC1CN(C(C)c2ccc(Br)cc2Cl)CCO1. The summed E-state index contributed by atoms with van der Waals surface area (Å²) >= 11 is 9.79. The van der Waals surface area contributed by atoms with Crippen molar-refractivity contribution in [3.05, 3.63) is 33.3 Å². The Labute approximate surface area is 128 Å². The molecule has 1 fully saturated rings. The average Bonchev–Trinajstić information content (AvgIpc) is 2.39. The van der Waals surface area contributed by atoms with Crippen LogP contribution in [0.25, 0.3) is 0 Å². The molecule has 0 radical (unpaired) electrons. The van der Waals surface area contributed by atoms with E-state index < -0.39 is 0 Å². The van der Waals surface area contributed by atoms with E-state index in [9.17, 15) is 0 Å². The summed E-state index contributed by atoms with van der Waals surface area (Å²) in [4.78, 5) is 2.43. The van der Waals surface area contributed by atoms with E-state index in [1.165, 1.54) is 5.56 Å². The second-order valence-corrected chi connectivity index (χ2v) is 6.21. The summed E-state index contributed by atoms with van der Waals surface area (Å²) < 4.78 is 6.76. The molecule has 19 heavy (non-hydrogen) atoms. The number of nitrogens with zero attached hydrogens (tertiary/aromatic N) is 1. The van der Waals surface area contributed by atoms with Crippen LogP contribution in [0.4, 0.5) is 0 Å². The fourth-order valence-electron chi connectivity index (χ4n) is 2.48. The molecule has 0 spiro atoms. The Hall–Kier alpha value is -0.130. The van der Waals surface area contributed by atoms with E-state index >= 15 is 0 Å². The summed E-state index contributed by atoms with van der Waals surface area (Å²) in [7, 11) is 1.96. The molecule has 1 saturated heterocycles. The highest BCUT2D eigenvalue weighted by Gasteiger charge is 2.25. The van der Waals surface area contributed by atoms with E-state index in [2.05, 4.69) is 39.1 Å². The molecular weight excluding hydrogens is 328 g/mol. The highest BCUT2D eigenvalue weighted by Crippen LogP contribution is 2.30. The van der Waals surface area contributed by atoms with Crippen molar-refractivity contribution in [3.63, 3.8) is 0 Å². The van der Waals surface area contributed by atoms with Gasteiger partial charge in [0.15, 0.2) is 0 Å². The molecule has 1 heterocycles. The summed E-state index contributed by atoms with van der Waals surface area (Å²) in [5.41, 5.74) is 1.18. The zero-order valence-electron chi connectivity index (χ0n) is 11.3. The highest BCUT2D eigenvalue weighted by atomic mass is 79.9. The maximum absolute atomic E-state index is 6.34. The molecule has 2 unspecified atom stereocenters. The molecule has 5 heteroatoms. The molecule has 1 aromatic rings. The van der Waals surface area contributed by atoms with Crippen LogP contribution in [0.3, 0.4) is 0 Å². The number of halogens is 2. The summed E-state index contributed by atoms with van der Waals surface area (Å²) in [5.74, 6) is 0. The molecule has 3 nitrogen and oxygen atoms in total. The number of hydrogen-bond donors (Lipinski definition) is 1. The first-order chi connectivity index (χ1) is 9.11. The molecule has 0 aromatic heterocycles. The van der Waals surface area contributed by atoms with Gasteiger partial charge in [-0.05, 0) is 31.7 Å². The van der Waals surface area contributed by atoms with Crippen molar-refractivity contribution in [2.75, 3.05) is 33.3 Å². The molecule has 1 aliphatic rings. The van der Waals surface area contributed by atoms with E-state index in [0.717, 1.165) is 35.7 Å². The van der Waals surface area contributed by atoms with Gasteiger partial charge in [-0.25, -0.2) is 0 Å². The molecular formula is C14H20BrClN2O. The van der Waals surface area contributed by atoms with Crippen LogP contribution in [0.1, 0.15) is 18.5 Å². The van der Waals surface area contributed by atoms with Gasteiger partial charge in [-0.2, -0.15) is 0 Å². The summed E-state index contributed by atoms with van der Waals surface area (Å²) in [5, 5.41) is 3.99. The van der Waals surface area contributed by atoms with Gasteiger partial charge in [0.05, 0.1) is 12.7 Å². The standard InChI is InChI=1S/C14H20BrClN2O/c1-10(13-4-3-11(15)7-14(13)16)18-5-6-19-12(9-18)8-17-2/h3-4,7,10,12,17H,5-6,8-9H2,1-2H3. The first-order valence-corrected chi connectivity index (χ1v) is 7.74. The van der Waals surface area contributed by atoms with Gasteiger partial charge in [-0.1, -0.05) is 33.6 Å². The number of nitrogens with one attached hydrogen (secondary N) is 1. The second-order valence-electron chi connectivity index (χ2n) is 4.89. The summed E-state index contributed by atoms with van der Waals surface area (Å²) in [6.07, 6.45) is 0.260. The van der Waals surface area contributed by atoms with Gasteiger partial charge in [0.2, 0.25) is 0 Å². The zero-order valence-corrected chi connectivity index (χ0v) is 13.7. The molecule has 1 aliphatic heterocycles. The van der Waals surface area contributed by atoms with Crippen LogP contribution < -0.4 is 5.32 Å². The molecule has 0 bridgehead atoms. The van der Waals surface area contributed by atoms with Gasteiger partial charge in [0, 0.05) is 35.2 Å². The summed E-state index contributed by atoms with van der Waals surface area (Å²) in [6, 6.07) is 6.41. The lowest BCUT2D eigenvalue weighted by Crippen LogP contribution is -2.46. The largest absolute Gasteiger partial charge is 0.374 e. The maximum Gasteiger partial charge on any atom is 0.0826 e. The van der Waals surface area contributed by atoms with Crippen molar-refractivity contribution in [1.29, 1.82) is 0 Å². The van der Waals surface area contributed by atoms with Crippen molar-refractivity contribution < 1.29 is 4.74 Å². The third-order valence-electron chi connectivity index (χ3n) is 3.56. The predicted molar refractivity (Wildman–Crippen MR) is 82.8 cm³/mol. The van der Waals surface area contributed by atoms with Crippen molar-refractivity contribution in [2.24, 2.45) is 0 Å². The minimum atomic E-state index is 0.260. The second kappa shape index (κ2) is 7.04. The Bertz CT molecular complexity index is 428. The van der Waals surface area contributed by atoms with Gasteiger partial charge < -0.3 is 10.1 Å². The number of likely N-dealkylation sites (N-methyl/N-ethyl adjacent to an activating group) is 1. The third-order valence-corrected chi connectivity index (χ3v) is 4.38. The number of ether oxygens (including phenoxy) is 1. The van der Waals surface area contributed by atoms with E-state index in [4.69, 9.17) is 16.3 Å². The number of hydrogen-bond acceptors (Lipinski definition) is 3. The fraction of sp³-hybridized carbons (Fsp3) is 0.571. The van der Waals surface area contributed by atoms with Crippen molar-refractivity contribution in [1.82, 2.24) is 10.2 Å². The van der Waals surface area contributed by atoms with Gasteiger partial charge in [0.1, 0.15) is 0 Å². The first kappa shape index (κ1) is 15.3. The van der Waals surface area contributed by atoms with E-state index in [0.29, 0.717) is 6.04 Å². The Morgan fingerprint density at radius 3 is 3.05 bits per heavy atom. The monoisotopic (exact) mass is 346 g/mol. The minimum absolute atomic E-state index is 0.260. The quantitative estimate of drug-likeness (QED) is 0.906. The van der Waals surface area contributed by atoms with E-state index in [1.807, 2.05) is 19.2 Å². The highest BCUT2D eigenvalue weighted by molar-refractivity contribution is 9.10. The van der Waals surface area contributed by atoms with Gasteiger partial charge in [-0.15, -0.1) is 0 Å². The molecule has 0 aliphatic carbocycles. The molecule has 0 amide bonds. The molecule has 0 saturated carbocycles. The first-order valence-electron chi connectivity index (χ1n) is 6.57. The van der Waals surface area contributed by atoms with Crippen LogP contribution in [0.2, 0.25) is 5.02 Å². The molecule has 1 N–H and O–H groups in total. The van der Waals surface area contributed by atoms with Crippen LogP contribution in [0, 0.1) is 0 Å². The molecule has 2 atom stereocenters. The smallest absolute Gasteiger partial charge is 0.0826 e. The van der Waals surface area contributed by atoms with Crippen LogP contribution in [-0.2, 0) is 4.74 Å². The Kier molecular flexibility index (Phi) is 5.66. The van der Waals surface area contributed by atoms with Crippen molar-refractivity contribution >= 4 is 27.5 Å². The van der Waals surface area contributed by atoms with E-state index in [-0.39, 0.29) is 6.10 Å². The predicted octanol–water partition coefficient (Wildman–Crippen LogP) is 3.08. The van der Waals surface area contributed by atoms with Gasteiger partial charge >= 0.3 is 0 Å². The number of rotatable bonds is 4. The maximum atomic E-state index is 6.34. The summed E-state index contributed by atoms with van der Waals surface area (Å²) in [6.45, 7) is 5.77. The lowest BCUT2D eigenvalue weighted by molar-refractivity contribution is -0.0393. The zero-order chi connectivity index (χ0) is 13.8. The Morgan fingerprint density at radius 2 is 2.37 bits per heavy atom. The van der Waals surface area contributed by atoms with Gasteiger partial charge in [0.25, 0.3) is 0 Å². The fourth-order valence-corrected chi connectivity index (χ4v) is 3.31. The molecule has 106 valence electrons. The van der Waals surface area contributed by atoms with Crippen molar-refractivity contribution in [2.45, 2.75) is 19.1 Å². The van der Waals surface area contributed by atoms with Crippen molar-refractivity contribution in [3.8, 4) is 0 Å². The Morgan fingerprint density at radius 1 is 1.58 bits per heavy atom.